The van der Waals surface area contributed by atoms with Gasteiger partial charge in [-0.25, -0.2) is 0 Å². The van der Waals surface area contributed by atoms with Crippen molar-refractivity contribution in [1.82, 2.24) is 0 Å². The number of phenolic OH excluding ortho intramolecular Hbond substituents is 1. The standard InChI is InChI=1S/C10H7NO4/c12-6-4-2-1-3-5(6)11-7-8(13)10(15)9(7)14/h1-4,11-13H. The van der Waals surface area contributed by atoms with Crippen molar-refractivity contribution in [2.75, 3.05) is 5.32 Å². The molecule has 2 aromatic rings. The summed E-state index contributed by atoms with van der Waals surface area (Å²) in [6.45, 7) is 0. The molecule has 0 aliphatic heterocycles. The van der Waals surface area contributed by atoms with Gasteiger partial charge in [-0.15, -0.1) is 0 Å². The molecule has 0 heterocycles. The maximum atomic E-state index is 11.0. The average Bonchev–Trinajstić information content (AvgIpc) is 2.26. The van der Waals surface area contributed by atoms with E-state index in [0.29, 0.717) is 0 Å². The summed E-state index contributed by atoms with van der Waals surface area (Å²) in [5, 5.41) is 20.9. The molecule has 0 saturated heterocycles. The van der Waals surface area contributed by atoms with Gasteiger partial charge in [0.2, 0.25) is 0 Å². The van der Waals surface area contributed by atoms with Gasteiger partial charge in [-0.2, -0.15) is 0 Å². The summed E-state index contributed by atoms with van der Waals surface area (Å²) in [7, 11) is 0. The molecule has 76 valence electrons. The second-order valence-electron chi connectivity index (χ2n) is 3.02. The molecule has 0 aromatic heterocycles. The van der Waals surface area contributed by atoms with Crippen molar-refractivity contribution in [2.45, 2.75) is 0 Å². The molecule has 0 atom stereocenters. The van der Waals surface area contributed by atoms with Crippen molar-refractivity contribution in [1.29, 1.82) is 0 Å². The molecule has 0 fully saturated rings. The number of anilines is 2. The fourth-order valence-corrected chi connectivity index (χ4v) is 1.21. The number of hydrogen-bond acceptors (Lipinski definition) is 5. The van der Waals surface area contributed by atoms with Crippen LogP contribution in [0.15, 0.2) is 33.9 Å². The van der Waals surface area contributed by atoms with Crippen LogP contribution in [0.3, 0.4) is 0 Å². The second-order valence-corrected chi connectivity index (χ2v) is 3.02. The summed E-state index contributed by atoms with van der Waals surface area (Å²) in [4.78, 5) is 21.7. The first-order chi connectivity index (χ1) is 7.11. The van der Waals surface area contributed by atoms with Gasteiger partial charge in [-0.3, -0.25) is 9.59 Å². The van der Waals surface area contributed by atoms with Gasteiger partial charge in [-0.1, -0.05) is 12.1 Å². The average molecular weight is 205 g/mol. The Balaban J connectivity index is 2.36. The maximum Gasteiger partial charge on any atom is 0.271 e. The molecular weight excluding hydrogens is 198 g/mol. The monoisotopic (exact) mass is 205 g/mol. The predicted octanol–water partition coefficient (Wildman–Crippen LogP) is 0.437. The fourth-order valence-electron chi connectivity index (χ4n) is 1.21. The summed E-state index contributed by atoms with van der Waals surface area (Å²) >= 11 is 0. The first-order valence-electron chi connectivity index (χ1n) is 4.18. The van der Waals surface area contributed by atoms with Crippen LogP contribution in [0.4, 0.5) is 11.4 Å². The van der Waals surface area contributed by atoms with Crippen LogP contribution in [0, 0.1) is 0 Å². The molecule has 15 heavy (non-hydrogen) atoms. The largest absolute Gasteiger partial charge is 0.506 e. The van der Waals surface area contributed by atoms with E-state index in [1.807, 2.05) is 0 Å². The van der Waals surface area contributed by atoms with Gasteiger partial charge >= 0.3 is 0 Å². The number of benzene rings is 1. The highest BCUT2D eigenvalue weighted by Gasteiger charge is 2.20. The Bertz CT molecular complexity index is 581. The predicted molar refractivity (Wildman–Crippen MR) is 54.4 cm³/mol. The van der Waals surface area contributed by atoms with E-state index < -0.39 is 16.6 Å². The van der Waals surface area contributed by atoms with Gasteiger partial charge in [0.15, 0.2) is 5.75 Å². The molecule has 5 heteroatoms. The van der Waals surface area contributed by atoms with Crippen LogP contribution < -0.4 is 16.2 Å². The van der Waals surface area contributed by atoms with E-state index in [4.69, 9.17) is 5.11 Å². The zero-order valence-corrected chi connectivity index (χ0v) is 7.52. The van der Waals surface area contributed by atoms with Crippen molar-refractivity contribution in [2.24, 2.45) is 0 Å². The van der Waals surface area contributed by atoms with Crippen LogP contribution in [0.1, 0.15) is 0 Å². The van der Waals surface area contributed by atoms with Gasteiger partial charge in [0, 0.05) is 0 Å². The molecule has 5 nitrogen and oxygen atoms in total. The number of nitrogens with one attached hydrogen (secondary N) is 1. The lowest BCUT2D eigenvalue weighted by atomic mass is 10.2. The minimum atomic E-state index is -0.909. The highest BCUT2D eigenvalue weighted by molar-refractivity contribution is 5.72. The smallest absolute Gasteiger partial charge is 0.271 e. The van der Waals surface area contributed by atoms with E-state index in [9.17, 15) is 14.7 Å². The summed E-state index contributed by atoms with van der Waals surface area (Å²) in [6, 6.07) is 6.20. The molecular formula is C10H7NO4. The highest BCUT2D eigenvalue weighted by Crippen LogP contribution is 2.27. The minimum absolute atomic E-state index is 0.0649. The number of para-hydroxylation sites is 2. The molecule has 2 aromatic carbocycles. The fraction of sp³-hybridized carbons (Fsp3) is 0. The molecule has 0 bridgehead atoms. The number of phenols is 1. The summed E-state index contributed by atoms with van der Waals surface area (Å²) in [5.41, 5.74) is -1.61. The quantitative estimate of drug-likeness (QED) is 0.489. The zero-order chi connectivity index (χ0) is 11.0. The maximum absolute atomic E-state index is 11.0. The third-order valence-electron chi connectivity index (χ3n) is 2.05. The lowest BCUT2D eigenvalue weighted by Crippen LogP contribution is -2.32. The van der Waals surface area contributed by atoms with E-state index in [-0.39, 0.29) is 17.1 Å². The van der Waals surface area contributed by atoms with Gasteiger partial charge in [0.25, 0.3) is 10.9 Å². The van der Waals surface area contributed by atoms with E-state index >= 15 is 0 Å². The Morgan fingerprint density at radius 2 is 1.67 bits per heavy atom. The second kappa shape index (κ2) is 3.13. The van der Waals surface area contributed by atoms with Gasteiger partial charge in [0.05, 0.1) is 5.69 Å². The molecule has 0 unspecified atom stereocenters. The molecule has 2 rings (SSSR count). The molecule has 0 radical (unpaired) electrons. The first kappa shape index (κ1) is 9.26. The Morgan fingerprint density at radius 1 is 1.00 bits per heavy atom. The topological polar surface area (TPSA) is 86.6 Å². The third kappa shape index (κ3) is 1.34. The van der Waals surface area contributed by atoms with Gasteiger partial charge in [-0.05, 0) is 12.1 Å². The number of rotatable bonds is 2. The molecule has 0 amide bonds. The molecule has 0 aliphatic carbocycles. The van der Waals surface area contributed by atoms with Crippen LogP contribution >= 0.6 is 0 Å². The highest BCUT2D eigenvalue weighted by atomic mass is 16.3. The summed E-state index contributed by atoms with van der Waals surface area (Å²) in [5.74, 6) is -0.659. The minimum Gasteiger partial charge on any atom is -0.506 e. The summed E-state index contributed by atoms with van der Waals surface area (Å²) < 4.78 is 0. The molecule has 0 aliphatic rings. The van der Waals surface area contributed by atoms with Crippen molar-refractivity contribution < 1.29 is 10.2 Å². The lowest BCUT2D eigenvalue weighted by molar-refractivity contribution is 0.465. The van der Waals surface area contributed by atoms with E-state index in [1.165, 1.54) is 12.1 Å². The first-order valence-corrected chi connectivity index (χ1v) is 4.18. The molecule has 0 saturated carbocycles. The normalized spacial score (nSPS) is 10.4. The van der Waals surface area contributed by atoms with Crippen molar-refractivity contribution in [3.63, 3.8) is 0 Å². The van der Waals surface area contributed by atoms with Crippen molar-refractivity contribution in [3.8, 4) is 11.5 Å². The molecule has 0 spiro atoms. The zero-order valence-electron chi connectivity index (χ0n) is 7.52. The van der Waals surface area contributed by atoms with Crippen molar-refractivity contribution in [3.05, 3.63) is 44.7 Å². The van der Waals surface area contributed by atoms with E-state index in [0.717, 1.165) is 0 Å². The number of hydrogen-bond donors (Lipinski definition) is 3. The van der Waals surface area contributed by atoms with Crippen LogP contribution in [0.2, 0.25) is 0 Å². The van der Waals surface area contributed by atoms with Crippen LogP contribution in [-0.2, 0) is 0 Å². The Labute approximate surface area is 83.9 Å². The Morgan fingerprint density at radius 3 is 2.27 bits per heavy atom. The van der Waals surface area contributed by atoms with Gasteiger partial charge in [0.1, 0.15) is 11.4 Å². The van der Waals surface area contributed by atoms with Crippen LogP contribution in [0.5, 0.6) is 11.5 Å². The summed E-state index contributed by atoms with van der Waals surface area (Å²) in [6.07, 6.45) is 0. The molecule has 3 N–H and O–H groups in total. The third-order valence-corrected chi connectivity index (χ3v) is 2.05. The van der Waals surface area contributed by atoms with Gasteiger partial charge < -0.3 is 15.5 Å². The lowest BCUT2D eigenvalue weighted by Gasteiger charge is -2.09. The van der Waals surface area contributed by atoms with Crippen LogP contribution in [0.25, 0.3) is 0 Å². The van der Waals surface area contributed by atoms with Crippen LogP contribution in [-0.4, -0.2) is 10.2 Å². The van der Waals surface area contributed by atoms with E-state index in [1.54, 1.807) is 12.1 Å². The van der Waals surface area contributed by atoms with E-state index in [2.05, 4.69) is 5.32 Å². The number of aromatic hydroxyl groups is 2. The Kier molecular flexibility index (Phi) is 1.93. The Hall–Kier alpha value is -2.30. The SMILES string of the molecule is O=c1c(O)c(Nc2ccccc2O)c1=O. The van der Waals surface area contributed by atoms with Crippen molar-refractivity contribution >= 4 is 11.4 Å².